The van der Waals surface area contributed by atoms with Crippen molar-refractivity contribution in [1.29, 1.82) is 5.26 Å². The van der Waals surface area contributed by atoms with E-state index in [2.05, 4.69) is 16.0 Å². The molecule has 0 saturated carbocycles. The van der Waals surface area contributed by atoms with E-state index in [1.807, 2.05) is 30.3 Å². The van der Waals surface area contributed by atoms with Gasteiger partial charge in [0.25, 0.3) is 5.91 Å². The number of benzene rings is 1. The highest BCUT2D eigenvalue weighted by molar-refractivity contribution is 5.94. The Balaban J connectivity index is 1.65. The number of carbonyl (C=O) groups is 1. The molecule has 0 bridgehead atoms. The highest BCUT2D eigenvalue weighted by Crippen LogP contribution is 2.22. The normalized spacial score (nSPS) is 16.4. The molecule has 0 radical (unpaired) electrons. The van der Waals surface area contributed by atoms with Crippen LogP contribution in [0, 0.1) is 11.3 Å². The highest BCUT2D eigenvalue weighted by Gasteiger charge is 2.27. The molecule has 3 rings (SSSR count). The van der Waals surface area contributed by atoms with Crippen LogP contribution in [0.25, 0.3) is 0 Å². The number of nitriles is 1. The van der Waals surface area contributed by atoms with Gasteiger partial charge in [-0.25, -0.2) is 0 Å². The van der Waals surface area contributed by atoms with Gasteiger partial charge in [0.1, 0.15) is 11.8 Å². The number of hydrogen-bond donors (Lipinski definition) is 1. The van der Waals surface area contributed by atoms with Gasteiger partial charge >= 0.3 is 0 Å². The van der Waals surface area contributed by atoms with Crippen molar-refractivity contribution < 1.29 is 9.90 Å². The molecule has 1 aromatic carbocycles. The lowest BCUT2D eigenvalue weighted by Crippen LogP contribution is -2.49. The first-order chi connectivity index (χ1) is 11.7. The van der Waals surface area contributed by atoms with Crippen LogP contribution in [0.4, 0.5) is 0 Å². The lowest BCUT2D eigenvalue weighted by Gasteiger charge is -2.37. The Morgan fingerprint density at radius 2 is 1.88 bits per heavy atom. The molecule has 1 amide bonds. The van der Waals surface area contributed by atoms with Crippen LogP contribution in [-0.4, -0.2) is 52.0 Å². The number of piperazine rings is 1. The third-order valence-corrected chi connectivity index (χ3v) is 4.17. The van der Waals surface area contributed by atoms with E-state index in [-0.39, 0.29) is 17.7 Å². The summed E-state index contributed by atoms with van der Waals surface area (Å²) in [6, 6.07) is 13.1. The van der Waals surface area contributed by atoms with Crippen molar-refractivity contribution in [3.63, 3.8) is 0 Å². The fourth-order valence-electron chi connectivity index (χ4n) is 2.91. The average Bonchev–Trinajstić information content (AvgIpc) is 2.63. The zero-order chi connectivity index (χ0) is 16.9. The van der Waals surface area contributed by atoms with Crippen molar-refractivity contribution >= 4 is 5.91 Å². The molecule has 1 aromatic heterocycles. The summed E-state index contributed by atoms with van der Waals surface area (Å²) in [6.07, 6.45) is 2.75. The maximum absolute atomic E-state index is 12.5. The molecule has 0 aliphatic carbocycles. The van der Waals surface area contributed by atoms with Crippen LogP contribution in [-0.2, 0) is 0 Å². The zero-order valence-electron chi connectivity index (χ0n) is 13.2. The van der Waals surface area contributed by atoms with E-state index >= 15 is 0 Å². The van der Waals surface area contributed by atoms with Gasteiger partial charge in [-0.3, -0.25) is 14.7 Å². The van der Waals surface area contributed by atoms with Crippen molar-refractivity contribution in [2.75, 3.05) is 26.2 Å². The number of rotatable bonds is 3. The first kappa shape index (κ1) is 16.0. The average molecular weight is 322 g/mol. The van der Waals surface area contributed by atoms with Crippen molar-refractivity contribution in [2.24, 2.45) is 0 Å². The van der Waals surface area contributed by atoms with Crippen LogP contribution in [0.15, 0.2) is 48.8 Å². The van der Waals surface area contributed by atoms with Gasteiger partial charge in [0.15, 0.2) is 0 Å². The number of pyridine rings is 1. The lowest BCUT2D eigenvalue weighted by molar-refractivity contribution is 0.0605. The number of hydrogen-bond acceptors (Lipinski definition) is 5. The molecule has 2 heterocycles. The third-order valence-electron chi connectivity index (χ3n) is 4.17. The molecule has 122 valence electrons. The van der Waals surface area contributed by atoms with E-state index in [0.29, 0.717) is 31.7 Å². The maximum Gasteiger partial charge on any atom is 0.255 e. The molecule has 1 saturated heterocycles. The molecule has 0 unspecified atom stereocenters. The summed E-state index contributed by atoms with van der Waals surface area (Å²) < 4.78 is 0. The number of amides is 1. The van der Waals surface area contributed by atoms with E-state index in [1.54, 1.807) is 4.90 Å². The molecule has 2 aromatic rings. The maximum atomic E-state index is 12.5. The second-order valence-electron chi connectivity index (χ2n) is 5.70. The molecule has 6 heteroatoms. The second kappa shape index (κ2) is 7.11. The van der Waals surface area contributed by atoms with Crippen LogP contribution in [0.3, 0.4) is 0 Å². The molecule has 1 aliphatic heterocycles. The fourth-order valence-corrected chi connectivity index (χ4v) is 2.91. The minimum atomic E-state index is -0.300. The van der Waals surface area contributed by atoms with Gasteiger partial charge in [0.2, 0.25) is 0 Å². The molecular weight excluding hydrogens is 304 g/mol. The minimum absolute atomic E-state index is 0.0203. The Bertz CT molecular complexity index is 749. The molecular formula is C18H18N4O2. The molecule has 1 fully saturated rings. The van der Waals surface area contributed by atoms with Crippen molar-refractivity contribution in [3.8, 4) is 11.8 Å². The predicted octanol–water partition coefficient (Wildman–Crippen LogP) is 1.81. The number of aromatic hydroxyl groups is 1. The Hall–Kier alpha value is -2.91. The van der Waals surface area contributed by atoms with Crippen molar-refractivity contribution in [3.05, 3.63) is 59.9 Å². The smallest absolute Gasteiger partial charge is 0.255 e. The van der Waals surface area contributed by atoms with E-state index in [1.165, 1.54) is 18.5 Å². The summed E-state index contributed by atoms with van der Waals surface area (Å²) in [5.74, 6) is -0.167. The molecule has 1 aliphatic rings. The first-order valence-electron chi connectivity index (χ1n) is 7.81. The summed E-state index contributed by atoms with van der Waals surface area (Å²) in [5, 5.41) is 19.0. The minimum Gasteiger partial charge on any atom is -0.506 e. The lowest BCUT2D eigenvalue weighted by atomic mass is 10.1. The summed E-state index contributed by atoms with van der Waals surface area (Å²) in [4.78, 5) is 20.1. The number of nitrogens with zero attached hydrogens (tertiary/aromatic N) is 4. The van der Waals surface area contributed by atoms with Gasteiger partial charge in [-0.05, 0) is 11.6 Å². The van der Waals surface area contributed by atoms with Gasteiger partial charge in [0.05, 0.1) is 17.8 Å². The fraction of sp³-hybridized carbons (Fsp3) is 0.278. The van der Waals surface area contributed by atoms with Crippen LogP contribution in [0.5, 0.6) is 5.75 Å². The third kappa shape index (κ3) is 3.36. The molecule has 6 nitrogen and oxygen atoms in total. The van der Waals surface area contributed by atoms with E-state index in [9.17, 15) is 15.2 Å². The first-order valence-corrected chi connectivity index (χ1v) is 7.81. The molecule has 1 atom stereocenters. The summed E-state index contributed by atoms with van der Waals surface area (Å²) in [7, 11) is 0. The van der Waals surface area contributed by atoms with Gasteiger partial charge in [-0.1, -0.05) is 30.3 Å². The van der Waals surface area contributed by atoms with Crippen molar-refractivity contribution in [1.82, 2.24) is 14.8 Å². The zero-order valence-corrected chi connectivity index (χ0v) is 13.2. The van der Waals surface area contributed by atoms with Crippen LogP contribution in [0.2, 0.25) is 0 Å². The summed E-state index contributed by atoms with van der Waals surface area (Å²) >= 11 is 0. The van der Waals surface area contributed by atoms with Gasteiger partial charge in [0, 0.05) is 32.4 Å². The molecule has 0 spiro atoms. The highest BCUT2D eigenvalue weighted by atomic mass is 16.3. The van der Waals surface area contributed by atoms with Crippen LogP contribution >= 0.6 is 0 Å². The predicted molar refractivity (Wildman–Crippen MR) is 88.2 cm³/mol. The quantitative estimate of drug-likeness (QED) is 0.932. The van der Waals surface area contributed by atoms with Gasteiger partial charge in [-0.2, -0.15) is 5.26 Å². The van der Waals surface area contributed by atoms with E-state index < -0.39 is 0 Å². The Labute approximate surface area is 140 Å². The monoisotopic (exact) mass is 322 g/mol. The number of carbonyl (C=O) groups excluding carboxylic acids is 1. The Morgan fingerprint density at radius 3 is 2.50 bits per heavy atom. The van der Waals surface area contributed by atoms with E-state index in [0.717, 1.165) is 5.56 Å². The van der Waals surface area contributed by atoms with Crippen LogP contribution in [0.1, 0.15) is 22.0 Å². The largest absolute Gasteiger partial charge is 0.506 e. The van der Waals surface area contributed by atoms with E-state index in [4.69, 9.17) is 0 Å². The SMILES string of the molecule is N#C[C@H](c1ccccc1)N1CCN(C(=O)c2cncc(O)c2)CC1. The van der Waals surface area contributed by atoms with Crippen LogP contribution < -0.4 is 0 Å². The molecule has 1 N–H and O–H groups in total. The molecule has 24 heavy (non-hydrogen) atoms. The van der Waals surface area contributed by atoms with Gasteiger partial charge < -0.3 is 10.0 Å². The Kier molecular flexibility index (Phi) is 4.73. The summed E-state index contributed by atoms with van der Waals surface area (Å²) in [5.41, 5.74) is 1.35. The topological polar surface area (TPSA) is 80.5 Å². The summed E-state index contributed by atoms with van der Waals surface area (Å²) in [6.45, 7) is 2.34. The second-order valence-corrected chi connectivity index (χ2v) is 5.70. The van der Waals surface area contributed by atoms with Crippen molar-refractivity contribution in [2.45, 2.75) is 6.04 Å². The Morgan fingerprint density at radius 1 is 1.17 bits per heavy atom. The number of aromatic nitrogens is 1. The standard InChI is InChI=1S/C18H18N4O2/c19-11-17(14-4-2-1-3-5-14)21-6-8-22(9-7-21)18(24)15-10-16(23)13-20-12-15/h1-5,10,12-13,17,23H,6-9H2/t17-/m1/s1. The van der Waals surface area contributed by atoms with Gasteiger partial charge in [-0.15, -0.1) is 0 Å².